The molecule has 3 aromatic rings. The topological polar surface area (TPSA) is 125 Å². The number of amides is 1. The number of hydrogen-bond donors (Lipinski definition) is 4. The van der Waals surface area contributed by atoms with E-state index in [-0.39, 0.29) is 11.4 Å². The maximum atomic E-state index is 14.3. The zero-order valence-corrected chi connectivity index (χ0v) is 16.3. The summed E-state index contributed by atoms with van der Waals surface area (Å²) in [7, 11) is 1.66. The third kappa shape index (κ3) is 4.17. The Morgan fingerprint density at radius 3 is 2.83 bits per heavy atom. The van der Waals surface area contributed by atoms with Gasteiger partial charge in [0.15, 0.2) is 11.6 Å². The van der Waals surface area contributed by atoms with Gasteiger partial charge in [0.25, 0.3) is 11.5 Å². The number of halogens is 1. The van der Waals surface area contributed by atoms with Crippen molar-refractivity contribution in [2.45, 2.75) is 13.0 Å². The Balaban J connectivity index is 1.74. The second kappa shape index (κ2) is 8.95. The second-order valence-electron chi connectivity index (χ2n) is 6.34. The van der Waals surface area contributed by atoms with Crippen LogP contribution in [0.2, 0.25) is 0 Å². The fraction of sp³-hybridized carbons (Fsp3) is 0.150. The molecule has 0 aliphatic carbocycles. The number of anilines is 1. The normalized spacial score (nSPS) is 12.3. The minimum atomic E-state index is -0.861. The van der Waals surface area contributed by atoms with Gasteiger partial charge in [-0.25, -0.2) is 9.37 Å². The molecule has 3 rings (SSSR count). The van der Waals surface area contributed by atoms with Crippen molar-refractivity contribution >= 4 is 34.4 Å². The highest BCUT2D eigenvalue weighted by Crippen LogP contribution is 2.17. The van der Waals surface area contributed by atoms with Crippen LogP contribution in [0.1, 0.15) is 18.5 Å². The summed E-state index contributed by atoms with van der Waals surface area (Å²) < 4.78 is 15.6. The fourth-order valence-electron chi connectivity index (χ4n) is 2.80. The molecule has 0 saturated heterocycles. The first-order valence-electron chi connectivity index (χ1n) is 9.01. The van der Waals surface area contributed by atoms with Crippen LogP contribution in [-0.4, -0.2) is 33.7 Å². The molecule has 0 saturated carbocycles. The van der Waals surface area contributed by atoms with Crippen LogP contribution in [0.5, 0.6) is 0 Å². The van der Waals surface area contributed by atoms with E-state index in [1.54, 1.807) is 38.4 Å². The third-order valence-electron chi connectivity index (χ3n) is 4.43. The Morgan fingerprint density at radius 2 is 2.13 bits per heavy atom. The van der Waals surface area contributed by atoms with Gasteiger partial charge >= 0.3 is 0 Å². The van der Waals surface area contributed by atoms with Gasteiger partial charge in [-0.3, -0.25) is 25.4 Å². The molecule has 1 unspecified atom stereocenters. The first-order chi connectivity index (χ1) is 14.5. The zero-order valence-electron chi connectivity index (χ0n) is 16.3. The molecular formula is C20H20FN7O2. The van der Waals surface area contributed by atoms with Crippen molar-refractivity contribution in [3.05, 3.63) is 70.8 Å². The van der Waals surface area contributed by atoms with Gasteiger partial charge in [0.1, 0.15) is 6.04 Å². The molecule has 3 aromatic heterocycles. The minimum Gasteiger partial charge on any atom is -0.393 e. The minimum absolute atomic E-state index is 0.192. The largest absolute Gasteiger partial charge is 0.393 e. The van der Waals surface area contributed by atoms with E-state index in [2.05, 4.69) is 26.1 Å². The number of rotatable bonds is 7. The van der Waals surface area contributed by atoms with Crippen molar-refractivity contribution < 1.29 is 9.18 Å². The van der Waals surface area contributed by atoms with E-state index in [0.29, 0.717) is 22.0 Å². The van der Waals surface area contributed by atoms with Crippen LogP contribution in [0.25, 0.3) is 16.5 Å². The quantitative estimate of drug-likeness (QED) is 0.349. The van der Waals surface area contributed by atoms with Gasteiger partial charge in [-0.15, -0.1) is 0 Å². The van der Waals surface area contributed by atoms with Gasteiger partial charge in [-0.2, -0.15) is 0 Å². The van der Waals surface area contributed by atoms with Crippen molar-refractivity contribution in [2.75, 3.05) is 12.5 Å². The lowest BCUT2D eigenvalue weighted by Crippen LogP contribution is -2.38. The number of fused-ring (bicyclic) bond motifs is 1. The summed E-state index contributed by atoms with van der Waals surface area (Å²) in [5.74, 6) is -1.46. The van der Waals surface area contributed by atoms with Crippen LogP contribution in [0.3, 0.4) is 0 Å². The van der Waals surface area contributed by atoms with E-state index in [4.69, 9.17) is 5.41 Å². The van der Waals surface area contributed by atoms with Crippen LogP contribution >= 0.6 is 0 Å². The maximum Gasteiger partial charge on any atom is 0.261 e. The van der Waals surface area contributed by atoms with Crippen LogP contribution in [-0.2, 0) is 4.79 Å². The number of nitrogens with one attached hydrogen (secondary N) is 4. The van der Waals surface area contributed by atoms with Crippen molar-refractivity contribution in [2.24, 2.45) is 0 Å². The lowest BCUT2D eigenvalue weighted by molar-refractivity contribution is -0.123. The highest BCUT2D eigenvalue weighted by molar-refractivity contribution is 6.08. The first-order valence-corrected chi connectivity index (χ1v) is 9.01. The molecule has 10 heteroatoms. The van der Waals surface area contributed by atoms with E-state index in [1.807, 2.05) is 0 Å². The zero-order chi connectivity index (χ0) is 21.7. The Kier molecular flexibility index (Phi) is 6.16. The summed E-state index contributed by atoms with van der Waals surface area (Å²) in [6, 6.07) is 5.26. The molecule has 3 heterocycles. The average Bonchev–Trinajstić information content (AvgIpc) is 2.76. The monoisotopic (exact) mass is 409 g/mol. The van der Waals surface area contributed by atoms with Crippen LogP contribution in [0.15, 0.2) is 53.9 Å². The van der Waals surface area contributed by atoms with E-state index in [9.17, 15) is 14.0 Å². The molecule has 9 nitrogen and oxygen atoms in total. The Bertz CT molecular complexity index is 1190. The van der Waals surface area contributed by atoms with Gasteiger partial charge in [-0.1, -0.05) is 0 Å². The molecule has 1 atom stereocenters. The number of hydrogen-bond acceptors (Lipinski definition) is 7. The molecule has 154 valence electrons. The second-order valence-corrected chi connectivity index (χ2v) is 6.34. The third-order valence-corrected chi connectivity index (χ3v) is 4.43. The van der Waals surface area contributed by atoms with E-state index >= 15 is 0 Å². The Labute approximate surface area is 171 Å². The van der Waals surface area contributed by atoms with Gasteiger partial charge in [0, 0.05) is 49.2 Å². The fourth-order valence-corrected chi connectivity index (χ4v) is 2.80. The van der Waals surface area contributed by atoms with Crippen LogP contribution in [0, 0.1) is 11.2 Å². The number of carbonyl (C=O) groups is 1. The number of allylic oxidation sites excluding steroid dienone is 1. The van der Waals surface area contributed by atoms with Gasteiger partial charge < -0.3 is 15.3 Å². The lowest BCUT2D eigenvalue weighted by atomic mass is 10.1. The SMILES string of the molecule is CN/C=C(\C=N)c1cnc(NNC(=O)C(C)n2ccc3ncccc3c2=O)c(F)c1. The standard InChI is InChI=1S/C20H20FN7O2/c1-12(28-7-5-17-15(20(28)30)4-3-6-24-17)19(29)27-26-18-16(21)8-13(11-25-18)14(9-22)10-23-2/h3-12,22-23H,1-2H3,(H,25,26)(H,27,29)/b14-10+,22-9?. The molecular weight excluding hydrogens is 389 g/mol. The van der Waals surface area contributed by atoms with Crippen molar-refractivity contribution in [3.63, 3.8) is 0 Å². The smallest absolute Gasteiger partial charge is 0.261 e. The lowest BCUT2D eigenvalue weighted by Gasteiger charge is -2.16. The molecule has 0 aliphatic rings. The Morgan fingerprint density at radius 1 is 1.33 bits per heavy atom. The first kappa shape index (κ1) is 20.6. The predicted octanol–water partition coefficient (Wildman–Crippen LogP) is 1.84. The summed E-state index contributed by atoms with van der Waals surface area (Å²) in [5.41, 5.74) is 5.82. The van der Waals surface area contributed by atoms with Gasteiger partial charge in [0.05, 0.1) is 10.9 Å². The van der Waals surface area contributed by atoms with Gasteiger partial charge in [0.2, 0.25) is 0 Å². The molecule has 0 bridgehead atoms. The summed E-state index contributed by atoms with van der Waals surface area (Å²) in [6.07, 6.45) is 7.05. The Hall–Kier alpha value is -4.08. The molecule has 30 heavy (non-hydrogen) atoms. The number of hydrazine groups is 1. The van der Waals surface area contributed by atoms with Crippen molar-refractivity contribution in [1.29, 1.82) is 5.41 Å². The molecule has 0 radical (unpaired) electrons. The van der Waals surface area contributed by atoms with Crippen LogP contribution in [0.4, 0.5) is 10.2 Å². The highest BCUT2D eigenvalue weighted by atomic mass is 19.1. The molecule has 0 spiro atoms. The van der Waals surface area contributed by atoms with E-state index < -0.39 is 17.8 Å². The number of pyridine rings is 3. The molecule has 4 N–H and O–H groups in total. The molecule has 0 aliphatic heterocycles. The van der Waals surface area contributed by atoms with E-state index in [0.717, 1.165) is 6.21 Å². The molecule has 1 amide bonds. The predicted molar refractivity (Wildman–Crippen MR) is 112 cm³/mol. The maximum absolute atomic E-state index is 14.3. The molecule has 0 fully saturated rings. The van der Waals surface area contributed by atoms with Gasteiger partial charge in [-0.05, 0) is 31.2 Å². The van der Waals surface area contributed by atoms with Crippen molar-refractivity contribution in [3.8, 4) is 0 Å². The highest BCUT2D eigenvalue weighted by Gasteiger charge is 2.18. The summed E-state index contributed by atoms with van der Waals surface area (Å²) in [4.78, 5) is 33.1. The van der Waals surface area contributed by atoms with Crippen LogP contribution < -0.4 is 21.7 Å². The average molecular weight is 409 g/mol. The van der Waals surface area contributed by atoms with E-state index in [1.165, 1.54) is 29.2 Å². The molecule has 0 aromatic carbocycles. The number of nitrogens with zero attached hydrogens (tertiary/aromatic N) is 3. The summed E-state index contributed by atoms with van der Waals surface area (Å²) in [5, 5.41) is 10.5. The van der Waals surface area contributed by atoms with Crippen molar-refractivity contribution in [1.82, 2.24) is 25.3 Å². The summed E-state index contributed by atoms with van der Waals surface area (Å²) in [6.45, 7) is 1.55. The number of carbonyl (C=O) groups excluding carboxylic acids is 1. The summed E-state index contributed by atoms with van der Waals surface area (Å²) >= 11 is 0. The number of aromatic nitrogens is 3.